The summed E-state index contributed by atoms with van der Waals surface area (Å²) >= 11 is 0. The average molecular weight is 592 g/mol. The number of hydrogen-bond donors (Lipinski definition) is 1. The van der Waals surface area contributed by atoms with E-state index < -0.39 is 11.2 Å². The van der Waals surface area contributed by atoms with Gasteiger partial charge in [0.1, 0.15) is 18.3 Å². The van der Waals surface area contributed by atoms with Crippen molar-refractivity contribution in [2.45, 2.75) is 82.5 Å². The molecule has 8 rings (SSSR count). The normalized spacial score (nSPS) is 35.7. The second kappa shape index (κ2) is 9.22. The molecule has 230 valence electrons. The van der Waals surface area contributed by atoms with Crippen LogP contribution in [-0.4, -0.2) is 47.0 Å². The Morgan fingerprint density at radius 1 is 1.00 bits per heavy atom. The lowest BCUT2D eigenvalue weighted by atomic mass is 9.46. The zero-order valence-corrected chi connectivity index (χ0v) is 26.7. The van der Waals surface area contributed by atoms with Gasteiger partial charge in [-0.15, -0.1) is 6.58 Å². The fraction of sp³-hybridized carbons (Fsp3) is 0.487. The zero-order valence-electron chi connectivity index (χ0n) is 26.7. The van der Waals surface area contributed by atoms with Gasteiger partial charge in [-0.3, -0.25) is 4.90 Å². The molecule has 1 unspecified atom stereocenters. The molecule has 3 fully saturated rings. The van der Waals surface area contributed by atoms with Crippen LogP contribution in [0, 0.1) is 22.7 Å². The number of benzene rings is 3. The van der Waals surface area contributed by atoms with Crippen LogP contribution in [0.3, 0.4) is 0 Å². The van der Waals surface area contributed by atoms with Crippen molar-refractivity contribution < 1.29 is 19.3 Å². The number of ether oxygens (including phenoxy) is 3. The van der Waals surface area contributed by atoms with Gasteiger partial charge in [-0.25, -0.2) is 0 Å². The highest BCUT2D eigenvalue weighted by atomic mass is 16.6. The lowest BCUT2D eigenvalue weighted by Crippen LogP contribution is -2.69. The first-order chi connectivity index (χ1) is 21.1. The van der Waals surface area contributed by atoms with E-state index in [1.807, 2.05) is 32.2 Å². The third-order valence-corrected chi connectivity index (χ3v) is 12.7. The Kier molecular flexibility index (Phi) is 5.94. The SMILES string of the molecule is C=C[C@]12C3[C@H]([C@](C)(O)C(C)(C)C)[C@@]3(OC)[C@@H]3Oc4c(OCc5ccccc5)ccc5c4[C@@]31CCN(Cc1ccccc1)[C@@H]2C5. The summed E-state index contributed by atoms with van der Waals surface area (Å²) in [6, 6.07) is 25.7. The average Bonchev–Trinajstić information content (AvgIpc) is 3.51. The van der Waals surface area contributed by atoms with E-state index in [4.69, 9.17) is 14.2 Å². The van der Waals surface area contributed by atoms with Crippen molar-refractivity contribution in [2.75, 3.05) is 13.7 Å². The summed E-state index contributed by atoms with van der Waals surface area (Å²) < 4.78 is 20.5. The molecule has 1 spiro atoms. The summed E-state index contributed by atoms with van der Waals surface area (Å²) in [6.45, 7) is 15.4. The van der Waals surface area contributed by atoms with E-state index in [9.17, 15) is 5.11 Å². The van der Waals surface area contributed by atoms with Crippen LogP contribution in [0.2, 0.25) is 0 Å². The second-order valence-corrected chi connectivity index (χ2v) is 15.1. The number of rotatable bonds is 8. The van der Waals surface area contributed by atoms with Crippen LogP contribution >= 0.6 is 0 Å². The van der Waals surface area contributed by atoms with E-state index in [1.54, 1.807) is 0 Å². The third-order valence-electron chi connectivity index (χ3n) is 12.7. The van der Waals surface area contributed by atoms with Gasteiger partial charge in [-0.05, 0) is 54.5 Å². The Bertz CT molecular complexity index is 1610. The molecule has 0 radical (unpaired) electrons. The molecule has 8 atom stereocenters. The monoisotopic (exact) mass is 591 g/mol. The van der Waals surface area contributed by atoms with Crippen molar-refractivity contribution in [1.29, 1.82) is 0 Å². The molecule has 5 nitrogen and oxygen atoms in total. The van der Waals surface area contributed by atoms with E-state index in [-0.39, 0.29) is 40.2 Å². The summed E-state index contributed by atoms with van der Waals surface area (Å²) in [5, 5.41) is 12.4. The van der Waals surface area contributed by atoms with Crippen molar-refractivity contribution in [1.82, 2.24) is 4.90 Å². The van der Waals surface area contributed by atoms with Gasteiger partial charge < -0.3 is 19.3 Å². The van der Waals surface area contributed by atoms with Crippen LogP contribution in [0.25, 0.3) is 0 Å². The van der Waals surface area contributed by atoms with Gasteiger partial charge in [0, 0.05) is 42.5 Å². The molecule has 44 heavy (non-hydrogen) atoms. The maximum atomic E-state index is 12.4. The van der Waals surface area contributed by atoms with Gasteiger partial charge in [0.05, 0.1) is 11.0 Å². The Hall–Kier alpha value is -3.12. The molecule has 1 N–H and O–H groups in total. The van der Waals surface area contributed by atoms with Gasteiger partial charge in [-0.1, -0.05) is 93.6 Å². The molecule has 0 aromatic heterocycles. The van der Waals surface area contributed by atoms with Gasteiger partial charge in [0.2, 0.25) is 0 Å². The largest absolute Gasteiger partial charge is 0.485 e. The number of piperidine rings is 1. The van der Waals surface area contributed by atoms with Crippen molar-refractivity contribution in [3.63, 3.8) is 0 Å². The highest BCUT2D eigenvalue weighted by Gasteiger charge is 2.95. The first kappa shape index (κ1) is 28.4. The molecule has 0 amide bonds. The van der Waals surface area contributed by atoms with Crippen molar-refractivity contribution >= 4 is 0 Å². The highest BCUT2D eigenvalue weighted by Crippen LogP contribution is 2.86. The molecule has 2 saturated carbocycles. The lowest BCUT2D eigenvalue weighted by molar-refractivity contribution is -0.139. The smallest absolute Gasteiger partial charge is 0.166 e. The van der Waals surface area contributed by atoms with Gasteiger partial charge >= 0.3 is 0 Å². The van der Waals surface area contributed by atoms with Crippen molar-refractivity contribution in [2.24, 2.45) is 22.7 Å². The van der Waals surface area contributed by atoms with E-state index >= 15 is 0 Å². The lowest BCUT2D eigenvalue weighted by Gasteiger charge is -2.62. The first-order valence-electron chi connectivity index (χ1n) is 16.3. The van der Waals surface area contributed by atoms with Crippen LogP contribution < -0.4 is 9.47 Å². The molecule has 3 aliphatic carbocycles. The van der Waals surface area contributed by atoms with Crippen LogP contribution in [-0.2, 0) is 29.7 Å². The van der Waals surface area contributed by atoms with E-state index in [0.717, 1.165) is 43.0 Å². The molecular weight excluding hydrogens is 546 g/mol. The number of nitrogens with zero attached hydrogens (tertiary/aromatic N) is 1. The topological polar surface area (TPSA) is 51.2 Å². The maximum absolute atomic E-state index is 12.4. The Morgan fingerprint density at radius 3 is 2.32 bits per heavy atom. The van der Waals surface area contributed by atoms with E-state index in [0.29, 0.717) is 6.61 Å². The summed E-state index contributed by atoms with van der Waals surface area (Å²) in [4.78, 5) is 2.69. The molecule has 2 aliphatic heterocycles. The summed E-state index contributed by atoms with van der Waals surface area (Å²) in [5.41, 5.74) is 2.50. The second-order valence-electron chi connectivity index (χ2n) is 15.1. The summed E-state index contributed by atoms with van der Waals surface area (Å²) in [6.07, 6.45) is 3.88. The molecule has 1 saturated heterocycles. The molecule has 2 bridgehead atoms. The van der Waals surface area contributed by atoms with Gasteiger partial charge in [0.25, 0.3) is 0 Å². The predicted molar refractivity (Wildman–Crippen MR) is 172 cm³/mol. The maximum Gasteiger partial charge on any atom is 0.166 e. The minimum Gasteiger partial charge on any atom is -0.485 e. The quantitative estimate of drug-likeness (QED) is 0.295. The Balaban J connectivity index is 1.30. The summed E-state index contributed by atoms with van der Waals surface area (Å²) in [7, 11) is 1.84. The minimum absolute atomic E-state index is 0.0792. The van der Waals surface area contributed by atoms with E-state index in [1.165, 1.54) is 16.7 Å². The van der Waals surface area contributed by atoms with Crippen LogP contribution in [0.5, 0.6) is 11.5 Å². The number of methoxy groups -OCH3 is 1. The molecule has 3 aromatic carbocycles. The minimum atomic E-state index is -0.977. The standard InChI is InChI=1S/C39H45NO4/c1-7-37-29-22-27-18-19-28(43-24-26-16-12-9-13-17-26)31-30(27)38(37,20-21-40(29)23-25-14-10-8-11-15-25)34(44-31)39(42-6)32(33(37)39)36(5,41)35(2,3)4/h7-19,29,32-34,41H,1,20-24H2,2-6H3/t29-,32-,33?,34-,36+,37+,38+,39+/m1/s1. The number of likely N-dealkylation sites (tertiary alicyclic amines) is 1. The molecule has 5 heteroatoms. The Labute approximate surface area is 261 Å². The summed E-state index contributed by atoms with van der Waals surface area (Å²) in [5.74, 6) is 1.65. The number of aliphatic hydroxyl groups is 1. The van der Waals surface area contributed by atoms with E-state index in [2.05, 4.69) is 92.9 Å². The Morgan fingerprint density at radius 2 is 1.68 bits per heavy atom. The highest BCUT2D eigenvalue weighted by molar-refractivity contribution is 5.67. The number of fused-ring (bicyclic) bond motifs is 2. The zero-order chi connectivity index (χ0) is 30.7. The number of hydrogen-bond acceptors (Lipinski definition) is 5. The fourth-order valence-electron chi connectivity index (χ4n) is 10.4. The van der Waals surface area contributed by atoms with Crippen LogP contribution in [0.1, 0.15) is 56.4 Å². The molecule has 5 aliphatic rings. The molecule has 2 heterocycles. The van der Waals surface area contributed by atoms with Crippen LogP contribution in [0.15, 0.2) is 85.5 Å². The first-order valence-corrected chi connectivity index (χ1v) is 16.3. The van der Waals surface area contributed by atoms with Crippen molar-refractivity contribution in [3.8, 4) is 11.5 Å². The third kappa shape index (κ3) is 3.26. The van der Waals surface area contributed by atoms with Gasteiger partial charge in [-0.2, -0.15) is 0 Å². The molecule has 3 aromatic rings. The molecular formula is C39H45NO4. The van der Waals surface area contributed by atoms with Crippen LogP contribution in [0.4, 0.5) is 0 Å². The predicted octanol–water partition coefficient (Wildman–Crippen LogP) is 6.71. The van der Waals surface area contributed by atoms with Crippen molar-refractivity contribution in [3.05, 3.63) is 108 Å². The fourth-order valence-corrected chi connectivity index (χ4v) is 10.4. The van der Waals surface area contributed by atoms with Gasteiger partial charge in [0.15, 0.2) is 11.5 Å².